The minimum Gasteiger partial charge on any atom is -0.457 e. The number of nitrogens with zero attached hydrogens (tertiary/aromatic N) is 2. The standard InChI is InChI=1S/C23H28N2O2/c1-16-21(22(26)27-23(2,3)4)18(17-9-6-5-7-10-17)15-20-19-11-8-12-24(19)13-14-25(16)20/h5-12,18,20H,13-15H2,1-4H3/t18-,20?/m0/s1. The van der Waals surface area contributed by atoms with Crippen LogP contribution in [-0.4, -0.2) is 27.6 Å². The second-order valence-corrected chi connectivity index (χ2v) is 8.54. The van der Waals surface area contributed by atoms with Crippen molar-refractivity contribution in [2.75, 3.05) is 6.54 Å². The van der Waals surface area contributed by atoms with Gasteiger partial charge in [-0.05, 0) is 51.8 Å². The molecular weight excluding hydrogens is 336 g/mol. The number of benzene rings is 1. The number of fused-ring (bicyclic) bond motifs is 3. The molecule has 2 aliphatic rings. The maximum Gasteiger partial charge on any atom is 0.336 e. The Morgan fingerprint density at radius 3 is 2.52 bits per heavy atom. The average molecular weight is 364 g/mol. The fourth-order valence-corrected chi connectivity index (χ4v) is 4.47. The van der Waals surface area contributed by atoms with Gasteiger partial charge in [0.2, 0.25) is 0 Å². The number of aromatic nitrogens is 1. The monoisotopic (exact) mass is 364 g/mol. The van der Waals surface area contributed by atoms with E-state index in [0.717, 1.165) is 30.8 Å². The van der Waals surface area contributed by atoms with Crippen molar-refractivity contribution < 1.29 is 9.53 Å². The van der Waals surface area contributed by atoms with E-state index in [-0.39, 0.29) is 11.9 Å². The van der Waals surface area contributed by atoms with Crippen molar-refractivity contribution in [1.82, 2.24) is 9.47 Å². The Morgan fingerprint density at radius 2 is 1.81 bits per heavy atom. The molecule has 2 aliphatic heterocycles. The number of hydrogen-bond donors (Lipinski definition) is 0. The molecular formula is C23H28N2O2. The van der Waals surface area contributed by atoms with E-state index in [2.05, 4.69) is 46.9 Å². The Morgan fingerprint density at radius 1 is 1.07 bits per heavy atom. The minimum absolute atomic E-state index is 0.0451. The Labute approximate surface area is 161 Å². The van der Waals surface area contributed by atoms with Crippen molar-refractivity contribution in [3.63, 3.8) is 0 Å². The molecule has 4 rings (SSSR count). The third-order valence-corrected chi connectivity index (χ3v) is 5.61. The number of allylic oxidation sites excluding steroid dienone is 1. The first-order valence-electron chi connectivity index (χ1n) is 9.76. The van der Waals surface area contributed by atoms with Crippen LogP contribution in [0.15, 0.2) is 59.9 Å². The first kappa shape index (κ1) is 17.9. The van der Waals surface area contributed by atoms with Gasteiger partial charge in [-0.15, -0.1) is 0 Å². The molecule has 4 nitrogen and oxygen atoms in total. The van der Waals surface area contributed by atoms with Crippen molar-refractivity contribution in [3.05, 3.63) is 71.2 Å². The van der Waals surface area contributed by atoms with Gasteiger partial charge in [0.1, 0.15) is 5.60 Å². The molecule has 0 radical (unpaired) electrons. The zero-order valence-electron chi connectivity index (χ0n) is 16.6. The highest BCUT2D eigenvalue weighted by molar-refractivity contribution is 5.91. The Bertz CT molecular complexity index is 873. The molecule has 142 valence electrons. The van der Waals surface area contributed by atoms with Crippen molar-refractivity contribution in [1.29, 1.82) is 0 Å². The zero-order valence-corrected chi connectivity index (χ0v) is 16.6. The van der Waals surface area contributed by atoms with Gasteiger partial charge in [-0.1, -0.05) is 30.3 Å². The van der Waals surface area contributed by atoms with Crippen molar-refractivity contribution in [2.24, 2.45) is 0 Å². The quantitative estimate of drug-likeness (QED) is 0.728. The van der Waals surface area contributed by atoms with Gasteiger partial charge in [0.05, 0.1) is 11.6 Å². The lowest BCUT2D eigenvalue weighted by Gasteiger charge is -2.46. The molecule has 0 saturated heterocycles. The van der Waals surface area contributed by atoms with Gasteiger partial charge in [-0.3, -0.25) is 0 Å². The Kier molecular flexibility index (Phi) is 4.37. The summed E-state index contributed by atoms with van der Waals surface area (Å²) in [5.41, 5.74) is 3.89. The molecule has 0 spiro atoms. The van der Waals surface area contributed by atoms with Crippen LogP contribution < -0.4 is 0 Å². The second-order valence-electron chi connectivity index (χ2n) is 8.54. The molecule has 0 N–H and O–H groups in total. The van der Waals surface area contributed by atoms with Gasteiger partial charge >= 0.3 is 5.97 Å². The number of esters is 1. The van der Waals surface area contributed by atoms with Crippen LogP contribution in [0.3, 0.4) is 0 Å². The lowest BCUT2D eigenvalue weighted by molar-refractivity contribution is -0.150. The Hall–Kier alpha value is -2.49. The molecule has 2 aromatic rings. The van der Waals surface area contributed by atoms with E-state index in [9.17, 15) is 4.79 Å². The van der Waals surface area contributed by atoms with Crippen LogP contribution in [0.1, 0.15) is 57.3 Å². The smallest absolute Gasteiger partial charge is 0.336 e. The average Bonchev–Trinajstić information content (AvgIpc) is 3.09. The molecule has 4 heteroatoms. The van der Waals surface area contributed by atoms with Crippen LogP contribution in [0.4, 0.5) is 0 Å². The van der Waals surface area contributed by atoms with Crippen LogP contribution in [-0.2, 0) is 16.1 Å². The highest BCUT2D eigenvalue weighted by Gasteiger charge is 2.41. The van der Waals surface area contributed by atoms with Gasteiger partial charge in [-0.25, -0.2) is 4.79 Å². The molecule has 1 unspecified atom stereocenters. The van der Waals surface area contributed by atoms with E-state index < -0.39 is 5.60 Å². The highest BCUT2D eigenvalue weighted by atomic mass is 16.6. The third kappa shape index (κ3) is 3.29. The van der Waals surface area contributed by atoms with Gasteiger partial charge in [-0.2, -0.15) is 0 Å². The van der Waals surface area contributed by atoms with Crippen molar-refractivity contribution in [2.45, 2.75) is 58.2 Å². The SMILES string of the molecule is CC1=C(C(=O)OC(C)(C)C)[C@H](c2ccccc2)CC2c3cccn3CCN12. The molecule has 0 saturated carbocycles. The van der Waals surface area contributed by atoms with E-state index in [4.69, 9.17) is 4.74 Å². The van der Waals surface area contributed by atoms with E-state index in [1.54, 1.807) is 0 Å². The van der Waals surface area contributed by atoms with Crippen LogP contribution in [0.5, 0.6) is 0 Å². The normalized spacial score (nSPS) is 22.3. The number of carbonyl (C=O) groups excluding carboxylic acids is 1. The third-order valence-electron chi connectivity index (χ3n) is 5.61. The van der Waals surface area contributed by atoms with Crippen LogP contribution >= 0.6 is 0 Å². The summed E-state index contributed by atoms with van der Waals surface area (Å²) in [6.45, 7) is 9.74. The maximum absolute atomic E-state index is 13.2. The van der Waals surface area contributed by atoms with Gasteiger partial charge in [0.15, 0.2) is 0 Å². The lowest BCUT2D eigenvalue weighted by atomic mass is 9.79. The summed E-state index contributed by atoms with van der Waals surface area (Å²) < 4.78 is 8.15. The van der Waals surface area contributed by atoms with Crippen LogP contribution in [0, 0.1) is 0 Å². The number of rotatable bonds is 2. The first-order valence-corrected chi connectivity index (χ1v) is 9.76. The minimum atomic E-state index is -0.501. The molecule has 1 aromatic carbocycles. The van der Waals surface area contributed by atoms with E-state index >= 15 is 0 Å². The van der Waals surface area contributed by atoms with Crippen LogP contribution in [0.2, 0.25) is 0 Å². The van der Waals surface area contributed by atoms with Gasteiger partial charge < -0.3 is 14.2 Å². The highest BCUT2D eigenvalue weighted by Crippen LogP contribution is 2.46. The van der Waals surface area contributed by atoms with Crippen LogP contribution in [0.25, 0.3) is 0 Å². The molecule has 0 bridgehead atoms. The van der Waals surface area contributed by atoms with E-state index in [1.807, 2.05) is 39.0 Å². The fourth-order valence-electron chi connectivity index (χ4n) is 4.47. The fraction of sp³-hybridized carbons (Fsp3) is 0.435. The Balaban J connectivity index is 1.80. The van der Waals surface area contributed by atoms with E-state index in [1.165, 1.54) is 11.3 Å². The predicted molar refractivity (Wildman–Crippen MR) is 106 cm³/mol. The molecule has 2 atom stereocenters. The number of hydrogen-bond acceptors (Lipinski definition) is 3. The summed E-state index contributed by atoms with van der Waals surface area (Å²) in [5.74, 6) is -0.142. The lowest BCUT2D eigenvalue weighted by Crippen LogP contribution is -2.42. The summed E-state index contributed by atoms with van der Waals surface area (Å²) >= 11 is 0. The summed E-state index contributed by atoms with van der Waals surface area (Å²) in [4.78, 5) is 15.6. The molecule has 27 heavy (non-hydrogen) atoms. The topological polar surface area (TPSA) is 34.5 Å². The number of ether oxygens (including phenoxy) is 1. The number of carbonyl (C=O) groups is 1. The predicted octanol–water partition coefficient (Wildman–Crippen LogP) is 4.65. The first-order chi connectivity index (χ1) is 12.8. The largest absolute Gasteiger partial charge is 0.457 e. The molecule has 0 fully saturated rings. The molecule has 0 amide bonds. The summed E-state index contributed by atoms with van der Waals surface area (Å²) in [7, 11) is 0. The van der Waals surface area contributed by atoms with Crippen molar-refractivity contribution in [3.8, 4) is 0 Å². The zero-order chi connectivity index (χ0) is 19.2. The summed E-state index contributed by atoms with van der Waals surface area (Å²) in [5, 5.41) is 0. The second kappa shape index (κ2) is 6.59. The summed E-state index contributed by atoms with van der Waals surface area (Å²) in [6.07, 6.45) is 3.05. The summed E-state index contributed by atoms with van der Waals surface area (Å²) in [6, 6.07) is 15.0. The van der Waals surface area contributed by atoms with E-state index in [0.29, 0.717) is 6.04 Å². The molecule has 1 aromatic heterocycles. The maximum atomic E-state index is 13.2. The van der Waals surface area contributed by atoms with Crippen molar-refractivity contribution >= 4 is 5.97 Å². The van der Waals surface area contributed by atoms with Gasteiger partial charge in [0.25, 0.3) is 0 Å². The molecule has 0 aliphatic carbocycles. The molecule has 3 heterocycles. The van der Waals surface area contributed by atoms with Gasteiger partial charge in [0, 0.05) is 36.6 Å².